The second kappa shape index (κ2) is 8.50. The predicted molar refractivity (Wildman–Crippen MR) is 135 cm³/mol. The van der Waals surface area contributed by atoms with Crippen molar-refractivity contribution in [2.24, 2.45) is 0 Å². The number of pyridine rings is 1. The third-order valence-corrected chi connectivity index (χ3v) is 7.35. The molecule has 0 bridgehead atoms. The molecule has 2 aromatic heterocycles. The number of hydrogen-bond donors (Lipinski definition) is 1. The van der Waals surface area contributed by atoms with Crippen LogP contribution in [0.25, 0.3) is 16.7 Å². The van der Waals surface area contributed by atoms with E-state index < -0.39 is 0 Å². The summed E-state index contributed by atoms with van der Waals surface area (Å²) in [6.45, 7) is 3.94. The van der Waals surface area contributed by atoms with Crippen LogP contribution in [-0.2, 0) is 0 Å². The van der Waals surface area contributed by atoms with Gasteiger partial charge in [0.2, 0.25) is 0 Å². The number of fused-ring (bicyclic) bond motifs is 2. The summed E-state index contributed by atoms with van der Waals surface area (Å²) in [5.41, 5.74) is 3.64. The van der Waals surface area contributed by atoms with Crippen molar-refractivity contribution in [3.05, 3.63) is 83.7 Å². The highest BCUT2D eigenvalue weighted by Crippen LogP contribution is 2.44. The van der Waals surface area contributed by atoms with E-state index in [0.717, 1.165) is 60.4 Å². The first-order valence-electron chi connectivity index (χ1n) is 12.2. The molecule has 4 heterocycles. The summed E-state index contributed by atoms with van der Waals surface area (Å²) in [6.07, 6.45) is 2.65. The molecule has 178 valence electrons. The number of likely N-dealkylation sites (tertiary alicyclic amines) is 1. The number of carbonyl (C=O) groups is 1. The smallest absolute Gasteiger partial charge is 0.270 e. The molecule has 1 amide bonds. The molecule has 1 unspecified atom stereocenters. The van der Waals surface area contributed by atoms with Crippen molar-refractivity contribution in [1.82, 2.24) is 25.0 Å². The minimum atomic E-state index is -0.251. The van der Waals surface area contributed by atoms with E-state index >= 15 is 0 Å². The van der Waals surface area contributed by atoms with Gasteiger partial charge in [-0.3, -0.25) is 4.79 Å². The molecule has 1 saturated heterocycles. The van der Waals surface area contributed by atoms with Gasteiger partial charge in [0.25, 0.3) is 5.91 Å². The topological polar surface area (TPSA) is 72.3 Å². The summed E-state index contributed by atoms with van der Waals surface area (Å²) in [6, 6.07) is 21.5. The Morgan fingerprint density at radius 1 is 1.03 bits per heavy atom. The zero-order valence-electron chi connectivity index (χ0n) is 20.1. The molecule has 0 aliphatic carbocycles. The molecule has 4 aromatic rings. The number of amides is 1. The molecule has 1 fully saturated rings. The maximum atomic E-state index is 13.5. The minimum absolute atomic E-state index is 0.130. The van der Waals surface area contributed by atoms with Gasteiger partial charge in [-0.05, 0) is 57.1 Å². The van der Waals surface area contributed by atoms with Gasteiger partial charge in [-0.2, -0.15) is 5.10 Å². The van der Waals surface area contributed by atoms with E-state index in [9.17, 15) is 4.79 Å². The lowest BCUT2D eigenvalue weighted by atomic mass is 9.80. The molecule has 0 radical (unpaired) electrons. The van der Waals surface area contributed by atoms with Gasteiger partial charge in [0.05, 0.1) is 17.4 Å². The summed E-state index contributed by atoms with van der Waals surface area (Å²) in [5.74, 6) is 0.685. The Morgan fingerprint density at radius 3 is 2.57 bits per heavy atom. The Hall–Kier alpha value is -3.71. The predicted octanol–water partition coefficient (Wildman–Crippen LogP) is 4.45. The number of nitrogens with zero attached hydrogens (tertiary/aromatic N) is 4. The second-order valence-electron chi connectivity index (χ2n) is 9.76. The van der Waals surface area contributed by atoms with Crippen LogP contribution in [0.3, 0.4) is 0 Å². The lowest BCUT2D eigenvalue weighted by Gasteiger charge is -2.46. The highest BCUT2D eigenvalue weighted by atomic mass is 16.5. The fourth-order valence-electron chi connectivity index (χ4n) is 5.33. The molecule has 1 N–H and O–H groups in total. The Bertz CT molecular complexity index is 1390. The number of ether oxygens (including phenoxy) is 1. The summed E-state index contributed by atoms with van der Waals surface area (Å²) in [5, 5.41) is 8.89. The number of rotatable bonds is 3. The maximum absolute atomic E-state index is 13.5. The zero-order chi connectivity index (χ0) is 24.0. The molecule has 1 atom stereocenters. The normalized spacial score (nSPS) is 19.3. The summed E-state index contributed by atoms with van der Waals surface area (Å²) >= 11 is 0. The monoisotopic (exact) mass is 467 g/mol. The number of para-hydroxylation sites is 2. The third kappa shape index (κ3) is 3.96. The number of carbonyl (C=O) groups excluding carboxylic acids is 1. The van der Waals surface area contributed by atoms with E-state index in [4.69, 9.17) is 9.72 Å². The zero-order valence-corrected chi connectivity index (χ0v) is 20.1. The molecule has 2 aliphatic heterocycles. The van der Waals surface area contributed by atoms with Gasteiger partial charge in [-0.25, -0.2) is 9.67 Å². The molecular weight excluding hydrogens is 438 g/mol. The molecule has 2 aliphatic rings. The highest BCUT2D eigenvalue weighted by molar-refractivity contribution is 5.95. The van der Waals surface area contributed by atoms with Gasteiger partial charge in [-0.1, -0.05) is 36.4 Å². The van der Waals surface area contributed by atoms with Crippen molar-refractivity contribution in [2.75, 3.05) is 20.1 Å². The van der Waals surface area contributed by atoms with Gasteiger partial charge >= 0.3 is 0 Å². The van der Waals surface area contributed by atoms with Crippen LogP contribution >= 0.6 is 0 Å². The molecule has 6 rings (SSSR count). The SMILES string of the molecule is Cc1nn(-c2ccccc2)c2nc(C(=O)NC3CC4(CCN(C)CC4)Oc4ccccc43)ccc12. The molecule has 1 spiro atoms. The quantitative estimate of drug-likeness (QED) is 0.482. The van der Waals surface area contributed by atoms with Gasteiger partial charge in [0.15, 0.2) is 5.65 Å². The second-order valence-corrected chi connectivity index (χ2v) is 9.76. The van der Waals surface area contributed by atoms with E-state index in [0.29, 0.717) is 11.3 Å². The van der Waals surface area contributed by atoms with Crippen LogP contribution in [-0.4, -0.2) is 51.3 Å². The van der Waals surface area contributed by atoms with Gasteiger partial charge in [0, 0.05) is 30.5 Å². The highest BCUT2D eigenvalue weighted by Gasteiger charge is 2.43. The van der Waals surface area contributed by atoms with E-state index in [1.54, 1.807) is 10.7 Å². The van der Waals surface area contributed by atoms with Crippen LogP contribution in [0.15, 0.2) is 66.7 Å². The molecule has 2 aromatic carbocycles. The van der Waals surface area contributed by atoms with Crippen molar-refractivity contribution in [3.8, 4) is 11.4 Å². The fraction of sp³-hybridized carbons (Fsp3) is 0.321. The largest absolute Gasteiger partial charge is 0.487 e. The molecule has 35 heavy (non-hydrogen) atoms. The standard InChI is InChI=1S/C28H29N5O2/c1-19-21-12-13-23(29-26(21)33(31-19)20-8-4-3-5-9-20)27(34)30-24-18-28(14-16-32(2)17-15-28)35-25-11-7-6-10-22(24)25/h3-13,24H,14-18H2,1-2H3,(H,30,34). The third-order valence-electron chi connectivity index (χ3n) is 7.35. The number of nitrogens with one attached hydrogen (secondary N) is 1. The van der Waals surface area contributed by atoms with E-state index in [-0.39, 0.29) is 17.6 Å². The summed E-state index contributed by atoms with van der Waals surface area (Å²) in [4.78, 5) is 20.6. The summed E-state index contributed by atoms with van der Waals surface area (Å²) in [7, 11) is 2.15. The number of aryl methyl sites for hydroxylation is 1. The molecule has 7 heteroatoms. The van der Waals surface area contributed by atoms with Crippen molar-refractivity contribution >= 4 is 16.9 Å². The van der Waals surface area contributed by atoms with Gasteiger partial charge in [0.1, 0.15) is 17.0 Å². The average Bonchev–Trinajstić information content (AvgIpc) is 3.22. The number of hydrogen-bond acceptors (Lipinski definition) is 5. The van der Waals surface area contributed by atoms with Crippen LogP contribution in [0.2, 0.25) is 0 Å². The van der Waals surface area contributed by atoms with Crippen LogP contribution in [0.4, 0.5) is 0 Å². The number of aromatic nitrogens is 3. The van der Waals surface area contributed by atoms with Crippen molar-refractivity contribution in [3.63, 3.8) is 0 Å². The first-order chi connectivity index (χ1) is 17.0. The molecular formula is C28H29N5O2. The van der Waals surface area contributed by atoms with Crippen molar-refractivity contribution in [2.45, 2.75) is 37.8 Å². The Balaban J connectivity index is 1.32. The Morgan fingerprint density at radius 2 is 1.77 bits per heavy atom. The first kappa shape index (κ1) is 21.8. The molecule has 0 saturated carbocycles. The number of benzene rings is 2. The van der Waals surface area contributed by atoms with Crippen molar-refractivity contribution in [1.29, 1.82) is 0 Å². The van der Waals surface area contributed by atoms with Crippen LogP contribution in [0.5, 0.6) is 5.75 Å². The van der Waals surface area contributed by atoms with Gasteiger partial charge in [-0.15, -0.1) is 0 Å². The maximum Gasteiger partial charge on any atom is 0.270 e. The van der Waals surface area contributed by atoms with Crippen molar-refractivity contribution < 1.29 is 9.53 Å². The average molecular weight is 468 g/mol. The van der Waals surface area contributed by atoms with E-state index in [2.05, 4.69) is 22.4 Å². The fourth-order valence-corrected chi connectivity index (χ4v) is 5.33. The lowest BCUT2D eigenvalue weighted by Crippen LogP contribution is -2.51. The summed E-state index contributed by atoms with van der Waals surface area (Å²) < 4.78 is 8.35. The number of piperidine rings is 1. The lowest BCUT2D eigenvalue weighted by molar-refractivity contribution is -0.0196. The van der Waals surface area contributed by atoms with E-state index in [1.165, 1.54) is 0 Å². The Labute approximate surface area is 204 Å². The Kier molecular flexibility index (Phi) is 5.29. The first-order valence-corrected chi connectivity index (χ1v) is 12.2. The molecule has 7 nitrogen and oxygen atoms in total. The van der Waals surface area contributed by atoms with Gasteiger partial charge < -0.3 is 15.0 Å². The van der Waals surface area contributed by atoms with Crippen LogP contribution < -0.4 is 10.1 Å². The minimum Gasteiger partial charge on any atom is -0.487 e. The van der Waals surface area contributed by atoms with E-state index in [1.807, 2.05) is 67.6 Å². The van der Waals surface area contributed by atoms with Crippen LogP contribution in [0.1, 0.15) is 47.1 Å². The van der Waals surface area contributed by atoms with Crippen LogP contribution in [0, 0.1) is 6.92 Å².